The van der Waals surface area contributed by atoms with Crippen LogP contribution in [0.15, 0.2) is 34.4 Å². The molecule has 0 saturated heterocycles. The van der Waals surface area contributed by atoms with Crippen LogP contribution in [-0.2, 0) is 9.84 Å². The lowest BCUT2D eigenvalue weighted by Gasteiger charge is -2.07. The third-order valence-corrected chi connectivity index (χ3v) is 5.67. The third kappa shape index (κ3) is 3.92. The van der Waals surface area contributed by atoms with E-state index >= 15 is 0 Å². The fourth-order valence-corrected chi connectivity index (χ4v) is 3.96. The number of thiophene rings is 1. The van der Waals surface area contributed by atoms with E-state index in [2.05, 4.69) is 10.3 Å². The summed E-state index contributed by atoms with van der Waals surface area (Å²) in [6.07, 6.45) is 4.80. The Kier molecular flexibility index (Phi) is 4.94. The molecule has 0 saturated carbocycles. The van der Waals surface area contributed by atoms with Crippen LogP contribution in [0.2, 0.25) is 0 Å². The van der Waals surface area contributed by atoms with Crippen molar-refractivity contribution in [1.29, 1.82) is 0 Å². The van der Waals surface area contributed by atoms with Gasteiger partial charge in [0.1, 0.15) is 20.3 Å². The highest BCUT2D eigenvalue weighted by Crippen LogP contribution is 2.33. The molecule has 6 nitrogen and oxygen atoms in total. The maximum absolute atomic E-state index is 12.1. The fourth-order valence-electron chi connectivity index (χ4n) is 2.65. The zero-order chi connectivity index (χ0) is 18.0. The van der Waals surface area contributed by atoms with Gasteiger partial charge in [-0.3, -0.25) is 4.79 Å². The molecule has 8 heteroatoms. The van der Waals surface area contributed by atoms with Crippen molar-refractivity contribution in [1.82, 2.24) is 10.3 Å². The molecule has 0 unspecified atom stereocenters. The fraction of sp³-hybridized carbons (Fsp3) is 0.235. The van der Waals surface area contributed by atoms with Gasteiger partial charge in [-0.25, -0.2) is 8.42 Å². The Morgan fingerprint density at radius 2 is 2.12 bits per heavy atom. The Labute approximate surface area is 148 Å². The number of nitrogens with one attached hydrogen (secondary N) is 2. The van der Waals surface area contributed by atoms with Crippen LogP contribution in [0.25, 0.3) is 27.1 Å². The predicted molar refractivity (Wildman–Crippen MR) is 103 cm³/mol. The molecule has 3 N–H and O–H groups in total. The maximum Gasteiger partial charge on any atom is 0.266 e. The van der Waals surface area contributed by atoms with Gasteiger partial charge in [0.15, 0.2) is 0 Å². The van der Waals surface area contributed by atoms with Gasteiger partial charge < -0.3 is 15.4 Å². The molecule has 25 heavy (non-hydrogen) atoms. The maximum atomic E-state index is 12.1. The number of aromatic hydroxyl groups is 1. The molecule has 0 atom stereocenters. The summed E-state index contributed by atoms with van der Waals surface area (Å²) in [6.45, 7) is 0.842. The molecule has 0 bridgehead atoms. The molecule has 0 spiro atoms. The number of pyridine rings is 1. The largest absolute Gasteiger partial charge is 0.507 e. The number of phenols is 1. The van der Waals surface area contributed by atoms with E-state index in [1.54, 1.807) is 18.2 Å². The molecule has 0 radical (unpaired) electrons. The normalized spacial score (nSPS) is 12.5. The number of hydrogen-bond donors (Lipinski definition) is 3. The zero-order valence-electron chi connectivity index (χ0n) is 13.6. The highest BCUT2D eigenvalue weighted by molar-refractivity contribution is 7.90. The molecule has 0 amide bonds. The summed E-state index contributed by atoms with van der Waals surface area (Å²) in [5.74, 6) is 0.205. The van der Waals surface area contributed by atoms with Crippen molar-refractivity contribution in [2.24, 2.45) is 0 Å². The number of benzene rings is 1. The third-order valence-electron chi connectivity index (χ3n) is 3.81. The lowest BCUT2D eigenvalue weighted by atomic mass is 10.0. The molecule has 1 aromatic carbocycles. The molecule has 0 fully saturated rings. The van der Waals surface area contributed by atoms with Gasteiger partial charge in [-0.1, -0.05) is 12.2 Å². The number of rotatable bonds is 6. The first-order valence-electron chi connectivity index (χ1n) is 7.67. The Bertz CT molecular complexity index is 1110. The topological polar surface area (TPSA) is 99.3 Å². The van der Waals surface area contributed by atoms with Gasteiger partial charge in [-0.15, -0.1) is 11.3 Å². The van der Waals surface area contributed by atoms with E-state index in [0.29, 0.717) is 28.9 Å². The number of H-pyrrole nitrogens is 1. The highest BCUT2D eigenvalue weighted by atomic mass is 32.2. The zero-order valence-corrected chi connectivity index (χ0v) is 15.2. The monoisotopic (exact) mass is 378 g/mol. The van der Waals surface area contributed by atoms with E-state index in [4.69, 9.17) is 0 Å². The average Bonchev–Trinajstić information content (AvgIpc) is 3.02. The molecule has 132 valence electrons. The van der Waals surface area contributed by atoms with Gasteiger partial charge in [-0.2, -0.15) is 0 Å². The number of phenolic OH excluding ortho intramolecular Hbond substituents is 1. The number of hydrogen-bond acceptors (Lipinski definition) is 6. The van der Waals surface area contributed by atoms with Crippen LogP contribution in [-0.4, -0.2) is 43.6 Å². The van der Waals surface area contributed by atoms with Crippen molar-refractivity contribution in [3.8, 4) is 5.75 Å². The highest BCUT2D eigenvalue weighted by Gasteiger charge is 2.11. The minimum absolute atomic E-state index is 0.0805. The minimum atomic E-state index is -2.98. The van der Waals surface area contributed by atoms with Crippen LogP contribution in [0.1, 0.15) is 5.56 Å². The molecular formula is C17H18N2O4S2. The molecule has 0 aliphatic heterocycles. The summed E-state index contributed by atoms with van der Waals surface area (Å²) in [5.41, 5.74) is 1.15. The molecule has 0 aliphatic rings. The quantitative estimate of drug-likeness (QED) is 0.571. The van der Waals surface area contributed by atoms with Crippen LogP contribution in [0.5, 0.6) is 5.75 Å². The number of fused-ring (bicyclic) bond motifs is 3. The van der Waals surface area contributed by atoms with E-state index in [1.165, 1.54) is 17.6 Å². The summed E-state index contributed by atoms with van der Waals surface area (Å²) in [5, 5.41) is 16.7. The summed E-state index contributed by atoms with van der Waals surface area (Å²) in [6, 6.07) is 5.11. The van der Waals surface area contributed by atoms with Crippen LogP contribution < -0.4 is 10.9 Å². The molecule has 2 aromatic heterocycles. The van der Waals surface area contributed by atoms with Crippen LogP contribution in [0.3, 0.4) is 0 Å². The molecule has 0 aliphatic carbocycles. The minimum Gasteiger partial charge on any atom is -0.507 e. The second kappa shape index (κ2) is 6.99. The van der Waals surface area contributed by atoms with E-state index in [-0.39, 0.29) is 17.1 Å². The van der Waals surface area contributed by atoms with Crippen LogP contribution in [0, 0.1) is 0 Å². The van der Waals surface area contributed by atoms with Crippen molar-refractivity contribution in [3.05, 3.63) is 45.6 Å². The summed E-state index contributed by atoms with van der Waals surface area (Å²) < 4.78 is 22.8. The van der Waals surface area contributed by atoms with Gasteiger partial charge in [0.2, 0.25) is 0 Å². The van der Waals surface area contributed by atoms with Crippen molar-refractivity contribution >= 4 is 48.2 Å². The van der Waals surface area contributed by atoms with Gasteiger partial charge in [0, 0.05) is 41.2 Å². The lowest BCUT2D eigenvalue weighted by molar-refractivity contribution is 0.475. The van der Waals surface area contributed by atoms with E-state index in [0.717, 1.165) is 10.8 Å². The summed E-state index contributed by atoms with van der Waals surface area (Å²) in [4.78, 5) is 14.9. The van der Waals surface area contributed by atoms with E-state index in [1.807, 2.05) is 17.5 Å². The van der Waals surface area contributed by atoms with Crippen molar-refractivity contribution in [2.75, 3.05) is 25.1 Å². The smallest absolute Gasteiger partial charge is 0.266 e. The van der Waals surface area contributed by atoms with Gasteiger partial charge in [0.05, 0.1) is 5.75 Å². The summed E-state index contributed by atoms with van der Waals surface area (Å²) in [7, 11) is -2.98. The van der Waals surface area contributed by atoms with E-state index in [9.17, 15) is 18.3 Å². The predicted octanol–water partition coefficient (Wildman–Crippen LogP) is 2.10. The first-order valence-corrected chi connectivity index (χ1v) is 10.6. The van der Waals surface area contributed by atoms with Gasteiger partial charge in [0.25, 0.3) is 5.56 Å². The van der Waals surface area contributed by atoms with Crippen molar-refractivity contribution < 1.29 is 13.5 Å². The molecular weight excluding hydrogens is 360 g/mol. The van der Waals surface area contributed by atoms with Crippen LogP contribution in [0.4, 0.5) is 0 Å². The first kappa shape index (κ1) is 17.7. The number of aromatic nitrogens is 1. The van der Waals surface area contributed by atoms with E-state index < -0.39 is 9.84 Å². The van der Waals surface area contributed by atoms with Crippen molar-refractivity contribution in [3.63, 3.8) is 0 Å². The number of sulfone groups is 1. The Balaban J connectivity index is 1.91. The Morgan fingerprint density at radius 1 is 1.32 bits per heavy atom. The summed E-state index contributed by atoms with van der Waals surface area (Å²) >= 11 is 1.36. The second-order valence-electron chi connectivity index (χ2n) is 5.77. The molecule has 3 rings (SSSR count). The van der Waals surface area contributed by atoms with Gasteiger partial charge in [-0.05, 0) is 23.6 Å². The number of aromatic amines is 1. The second-order valence-corrected chi connectivity index (χ2v) is 8.95. The molecule has 3 aromatic rings. The average molecular weight is 378 g/mol. The lowest BCUT2D eigenvalue weighted by Crippen LogP contribution is -2.22. The Hall–Kier alpha value is -2.16. The van der Waals surface area contributed by atoms with Gasteiger partial charge >= 0.3 is 0 Å². The molecule has 2 heterocycles. The first-order chi connectivity index (χ1) is 11.9. The SMILES string of the molecule is CS(=O)(=O)CCNC/C=C/c1c(O)ccc2[nH]c(=O)c3sccc3c12. The van der Waals surface area contributed by atoms with Crippen molar-refractivity contribution in [2.45, 2.75) is 0 Å². The standard InChI is InChI=1S/C17H18N2O4S2/c1-25(22,23)10-8-18-7-2-3-11-14(20)5-4-13-15(11)12-6-9-24-16(12)17(21)19-13/h2-6,9,18,20H,7-8,10H2,1H3,(H,19,21)/b3-2+. The van der Waals surface area contributed by atoms with Crippen LogP contribution >= 0.6 is 11.3 Å². The Morgan fingerprint density at radius 3 is 2.88 bits per heavy atom.